The van der Waals surface area contributed by atoms with Crippen molar-refractivity contribution in [2.45, 2.75) is 6.42 Å². The fourth-order valence-electron chi connectivity index (χ4n) is 2.04. The highest BCUT2D eigenvalue weighted by Crippen LogP contribution is 2.15. The Labute approximate surface area is 128 Å². The highest BCUT2D eigenvalue weighted by Gasteiger charge is 2.04. The van der Waals surface area contributed by atoms with Gasteiger partial charge in [0.1, 0.15) is 5.75 Å². The van der Waals surface area contributed by atoms with E-state index in [0.29, 0.717) is 12.3 Å². The van der Waals surface area contributed by atoms with Crippen molar-refractivity contribution in [3.05, 3.63) is 60.9 Å². The summed E-state index contributed by atoms with van der Waals surface area (Å²) in [4.78, 5) is 20.3. The predicted octanol–water partition coefficient (Wildman–Crippen LogP) is 3.04. The zero-order valence-electron chi connectivity index (χ0n) is 11.9. The maximum atomic E-state index is 11.9. The van der Waals surface area contributed by atoms with Crippen LogP contribution in [0.25, 0.3) is 11.0 Å². The van der Waals surface area contributed by atoms with E-state index in [0.717, 1.165) is 16.8 Å². The molecular formula is C17H15N3O2. The zero-order chi connectivity index (χ0) is 15.2. The summed E-state index contributed by atoms with van der Waals surface area (Å²) >= 11 is 0. The van der Waals surface area contributed by atoms with Crippen LogP contribution in [0, 0.1) is 0 Å². The molecule has 0 unspecified atom stereocenters. The fourth-order valence-corrected chi connectivity index (χ4v) is 2.04. The third-order valence-electron chi connectivity index (χ3n) is 3.09. The number of carbonyl (C=O) groups is 1. The molecular weight excluding hydrogens is 278 g/mol. The second-order valence-electron chi connectivity index (χ2n) is 4.72. The summed E-state index contributed by atoms with van der Waals surface area (Å²) in [7, 11) is 0. The topological polar surface area (TPSA) is 64.1 Å². The largest absolute Gasteiger partial charge is 0.493 e. The maximum absolute atomic E-state index is 11.9. The molecule has 0 saturated heterocycles. The van der Waals surface area contributed by atoms with Gasteiger partial charge in [0.15, 0.2) is 0 Å². The van der Waals surface area contributed by atoms with Gasteiger partial charge in [-0.2, -0.15) is 0 Å². The van der Waals surface area contributed by atoms with Crippen LogP contribution in [-0.2, 0) is 4.79 Å². The molecule has 0 spiro atoms. The number of carbonyl (C=O) groups excluding carboxylic acids is 1. The number of aromatic nitrogens is 2. The number of hydrogen-bond acceptors (Lipinski definition) is 4. The molecule has 1 heterocycles. The quantitative estimate of drug-likeness (QED) is 0.785. The standard InChI is InChI=1S/C17H15N3O2/c21-17(8-11-22-14-4-2-1-3-5-14)20-13-6-7-15-16(12-13)19-10-9-18-15/h1-7,9-10,12H,8,11H2,(H,20,21). The SMILES string of the molecule is O=C(CCOc1ccccc1)Nc1ccc2nccnc2c1. The number of anilines is 1. The Balaban J connectivity index is 1.54. The van der Waals surface area contributed by atoms with Crippen LogP contribution in [0.4, 0.5) is 5.69 Å². The van der Waals surface area contributed by atoms with Crippen LogP contribution in [0.5, 0.6) is 5.75 Å². The Morgan fingerprint density at radius 3 is 2.59 bits per heavy atom. The van der Waals surface area contributed by atoms with Gasteiger partial charge in [0.25, 0.3) is 0 Å². The minimum absolute atomic E-state index is 0.0980. The van der Waals surface area contributed by atoms with E-state index in [2.05, 4.69) is 15.3 Å². The highest BCUT2D eigenvalue weighted by molar-refractivity contribution is 5.92. The molecule has 5 heteroatoms. The van der Waals surface area contributed by atoms with Crippen LogP contribution in [0.15, 0.2) is 60.9 Å². The van der Waals surface area contributed by atoms with Gasteiger partial charge in [0, 0.05) is 18.1 Å². The van der Waals surface area contributed by atoms with Crippen LogP contribution < -0.4 is 10.1 Å². The lowest BCUT2D eigenvalue weighted by molar-refractivity contribution is -0.116. The van der Waals surface area contributed by atoms with E-state index in [1.165, 1.54) is 0 Å². The van der Waals surface area contributed by atoms with Gasteiger partial charge in [-0.25, -0.2) is 0 Å². The molecule has 3 aromatic rings. The molecule has 0 radical (unpaired) electrons. The summed E-state index contributed by atoms with van der Waals surface area (Å²) in [6, 6.07) is 14.9. The molecule has 0 aliphatic rings. The lowest BCUT2D eigenvalue weighted by Gasteiger charge is -2.07. The van der Waals surface area contributed by atoms with E-state index in [4.69, 9.17) is 4.74 Å². The average Bonchev–Trinajstić information content (AvgIpc) is 2.56. The molecule has 110 valence electrons. The van der Waals surface area contributed by atoms with Crippen LogP contribution >= 0.6 is 0 Å². The zero-order valence-corrected chi connectivity index (χ0v) is 11.9. The molecule has 1 N–H and O–H groups in total. The van der Waals surface area contributed by atoms with Gasteiger partial charge in [-0.3, -0.25) is 14.8 Å². The highest BCUT2D eigenvalue weighted by atomic mass is 16.5. The Bertz CT molecular complexity index is 775. The Morgan fingerprint density at radius 2 is 1.77 bits per heavy atom. The molecule has 1 aromatic heterocycles. The number of fused-ring (bicyclic) bond motifs is 1. The average molecular weight is 293 g/mol. The number of rotatable bonds is 5. The number of amides is 1. The van der Waals surface area contributed by atoms with Crippen molar-refractivity contribution in [2.24, 2.45) is 0 Å². The molecule has 0 atom stereocenters. The Morgan fingerprint density at radius 1 is 1.00 bits per heavy atom. The monoisotopic (exact) mass is 293 g/mol. The fraction of sp³-hybridized carbons (Fsp3) is 0.118. The number of ether oxygens (including phenoxy) is 1. The van der Waals surface area contributed by atoms with Crippen molar-refractivity contribution in [1.29, 1.82) is 0 Å². The Hall–Kier alpha value is -2.95. The second kappa shape index (κ2) is 6.67. The first-order valence-electron chi connectivity index (χ1n) is 7.00. The minimum Gasteiger partial charge on any atom is -0.493 e. The number of nitrogens with zero attached hydrogens (tertiary/aromatic N) is 2. The van der Waals surface area contributed by atoms with Gasteiger partial charge in [-0.05, 0) is 30.3 Å². The van der Waals surface area contributed by atoms with Gasteiger partial charge >= 0.3 is 0 Å². The van der Waals surface area contributed by atoms with Crippen molar-refractivity contribution in [3.63, 3.8) is 0 Å². The summed E-state index contributed by atoms with van der Waals surface area (Å²) in [5.74, 6) is 0.662. The summed E-state index contributed by atoms with van der Waals surface area (Å²) in [6.07, 6.45) is 3.55. The third kappa shape index (κ3) is 3.58. The van der Waals surface area contributed by atoms with Gasteiger partial charge < -0.3 is 10.1 Å². The number of benzene rings is 2. The van der Waals surface area contributed by atoms with Gasteiger partial charge in [-0.15, -0.1) is 0 Å². The molecule has 0 aliphatic heterocycles. The number of nitrogens with one attached hydrogen (secondary N) is 1. The van der Waals surface area contributed by atoms with Crippen LogP contribution in [0.1, 0.15) is 6.42 Å². The van der Waals surface area contributed by atoms with Gasteiger partial charge in [-0.1, -0.05) is 18.2 Å². The summed E-state index contributed by atoms with van der Waals surface area (Å²) in [5, 5.41) is 2.83. The van der Waals surface area contributed by atoms with Crippen molar-refractivity contribution < 1.29 is 9.53 Å². The smallest absolute Gasteiger partial charge is 0.227 e. The van der Waals surface area contributed by atoms with Gasteiger partial charge in [0.05, 0.1) is 24.1 Å². The van der Waals surface area contributed by atoms with E-state index >= 15 is 0 Å². The lowest BCUT2D eigenvalue weighted by atomic mass is 10.2. The van der Waals surface area contributed by atoms with Crippen molar-refractivity contribution >= 4 is 22.6 Å². The molecule has 0 bridgehead atoms. The minimum atomic E-state index is -0.0980. The van der Waals surface area contributed by atoms with Crippen LogP contribution in [0.3, 0.4) is 0 Å². The lowest BCUT2D eigenvalue weighted by Crippen LogP contribution is -2.15. The third-order valence-corrected chi connectivity index (χ3v) is 3.09. The van der Waals surface area contributed by atoms with Crippen LogP contribution in [0.2, 0.25) is 0 Å². The molecule has 0 fully saturated rings. The predicted molar refractivity (Wildman–Crippen MR) is 84.7 cm³/mol. The van der Waals surface area contributed by atoms with E-state index in [9.17, 15) is 4.79 Å². The van der Waals surface area contributed by atoms with E-state index in [1.807, 2.05) is 42.5 Å². The first-order chi connectivity index (χ1) is 10.8. The first-order valence-corrected chi connectivity index (χ1v) is 7.00. The van der Waals surface area contributed by atoms with Gasteiger partial charge in [0.2, 0.25) is 5.91 Å². The van der Waals surface area contributed by atoms with Crippen molar-refractivity contribution in [2.75, 3.05) is 11.9 Å². The molecule has 0 saturated carbocycles. The van der Waals surface area contributed by atoms with E-state index < -0.39 is 0 Å². The molecule has 1 amide bonds. The summed E-state index contributed by atoms with van der Waals surface area (Å²) in [6.45, 7) is 0.337. The number of para-hydroxylation sites is 1. The molecule has 3 rings (SSSR count). The second-order valence-corrected chi connectivity index (χ2v) is 4.72. The van der Waals surface area contributed by atoms with Crippen LogP contribution in [-0.4, -0.2) is 22.5 Å². The first kappa shape index (κ1) is 14.0. The maximum Gasteiger partial charge on any atom is 0.227 e. The van der Waals surface area contributed by atoms with Crippen molar-refractivity contribution in [1.82, 2.24) is 9.97 Å². The van der Waals surface area contributed by atoms with Crippen molar-refractivity contribution in [3.8, 4) is 5.75 Å². The van der Waals surface area contributed by atoms with E-state index in [-0.39, 0.29) is 12.3 Å². The van der Waals surface area contributed by atoms with E-state index in [1.54, 1.807) is 18.5 Å². The summed E-state index contributed by atoms with van der Waals surface area (Å²) < 4.78 is 5.50. The normalized spacial score (nSPS) is 10.4. The molecule has 2 aromatic carbocycles. The number of hydrogen-bond donors (Lipinski definition) is 1. The molecule has 5 nitrogen and oxygen atoms in total. The molecule has 22 heavy (non-hydrogen) atoms. The molecule has 0 aliphatic carbocycles. The summed E-state index contributed by atoms with van der Waals surface area (Å²) in [5.41, 5.74) is 2.26. The Kier molecular flexibility index (Phi) is 4.25.